The molecule has 0 unspecified atom stereocenters. The summed E-state index contributed by atoms with van der Waals surface area (Å²) >= 11 is 5.99. The highest BCUT2D eigenvalue weighted by Crippen LogP contribution is 2.41. The first-order valence-corrected chi connectivity index (χ1v) is 8.80. The second kappa shape index (κ2) is 7.01. The molecule has 1 aliphatic carbocycles. The minimum absolute atomic E-state index is 0.0363. The van der Waals surface area contributed by atoms with Gasteiger partial charge in [-0.1, -0.05) is 11.6 Å². The first-order chi connectivity index (χ1) is 13.0. The highest BCUT2D eigenvalue weighted by Gasteiger charge is 2.26. The minimum Gasteiger partial charge on any atom is -0.428 e. The fourth-order valence-corrected chi connectivity index (χ4v) is 3.09. The van der Waals surface area contributed by atoms with E-state index in [1.165, 1.54) is 18.3 Å². The molecule has 2 aromatic carbocycles. The molecule has 1 N–H and O–H groups in total. The third-order valence-electron chi connectivity index (χ3n) is 4.46. The highest BCUT2D eigenvalue weighted by atomic mass is 35.5. The lowest BCUT2D eigenvalue weighted by molar-refractivity contribution is 0.510. The van der Waals surface area contributed by atoms with Gasteiger partial charge in [0.05, 0.1) is 16.8 Å². The summed E-state index contributed by atoms with van der Waals surface area (Å²) in [6, 6.07) is 9.75. The van der Waals surface area contributed by atoms with Crippen molar-refractivity contribution in [2.24, 2.45) is 0 Å². The first-order valence-electron chi connectivity index (χ1n) is 8.42. The average Bonchev–Trinajstić information content (AvgIpc) is 3.39. The average molecular weight is 386 g/mol. The van der Waals surface area contributed by atoms with Crippen LogP contribution in [0.2, 0.25) is 5.02 Å². The van der Waals surface area contributed by atoms with Crippen LogP contribution in [-0.2, 0) is 6.42 Å². The van der Waals surface area contributed by atoms with Gasteiger partial charge in [0.2, 0.25) is 0 Å². The van der Waals surface area contributed by atoms with Crippen LogP contribution in [0.15, 0.2) is 40.9 Å². The molecule has 136 valence electrons. The lowest BCUT2D eigenvalue weighted by Crippen LogP contribution is -1.99. The number of halogens is 3. The normalized spacial score (nSPS) is 13.4. The number of hydrogen-bond donors (Lipinski definition) is 1. The lowest BCUT2D eigenvalue weighted by Gasteiger charge is -2.06. The molecular weight excluding hydrogens is 372 g/mol. The lowest BCUT2D eigenvalue weighted by atomic mass is 10.0. The van der Waals surface area contributed by atoms with Gasteiger partial charge >= 0.3 is 0 Å². The zero-order valence-corrected chi connectivity index (χ0v) is 14.9. The predicted molar refractivity (Wildman–Crippen MR) is 97.1 cm³/mol. The van der Waals surface area contributed by atoms with E-state index in [-0.39, 0.29) is 23.9 Å². The highest BCUT2D eigenvalue weighted by molar-refractivity contribution is 6.32. The number of nitriles is 1. The van der Waals surface area contributed by atoms with Crippen LogP contribution in [0.3, 0.4) is 0 Å². The summed E-state index contributed by atoms with van der Waals surface area (Å²) in [5.74, 6) is -0.527. The van der Waals surface area contributed by atoms with Gasteiger partial charge in [0.1, 0.15) is 23.5 Å². The van der Waals surface area contributed by atoms with E-state index in [2.05, 4.69) is 10.3 Å². The van der Waals surface area contributed by atoms with Crippen molar-refractivity contribution >= 4 is 23.3 Å². The summed E-state index contributed by atoms with van der Waals surface area (Å²) < 4.78 is 34.1. The molecule has 1 aromatic heterocycles. The maximum Gasteiger partial charge on any atom is 0.299 e. The van der Waals surface area contributed by atoms with Crippen molar-refractivity contribution in [3.8, 4) is 6.07 Å². The molecule has 0 amide bonds. The number of nitrogens with zero attached hydrogens (tertiary/aromatic N) is 2. The third-order valence-corrected chi connectivity index (χ3v) is 4.77. The third kappa shape index (κ3) is 3.79. The Balaban J connectivity index is 1.50. The smallest absolute Gasteiger partial charge is 0.299 e. The number of anilines is 2. The largest absolute Gasteiger partial charge is 0.428 e. The van der Waals surface area contributed by atoms with Gasteiger partial charge in [-0.05, 0) is 54.7 Å². The Kier molecular flexibility index (Phi) is 4.54. The van der Waals surface area contributed by atoms with Crippen molar-refractivity contribution < 1.29 is 13.2 Å². The van der Waals surface area contributed by atoms with Crippen molar-refractivity contribution in [3.05, 3.63) is 75.6 Å². The summed E-state index contributed by atoms with van der Waals surface area (Å²) in [5.41, 5.74) is 1.62. The van der Waals surface area contributed by atoms with Crippen LogP contribution in [0.25, 0.3) is 0 Å². The van der Waals surface area contributed by atoms with Gasteiger partial charge in [0, 0.05) is 17.7 Å². The van der Waals surface area contributed by atoms with Crippen LogP contribution in [0, 0.1) is 23.0 Å². The van der Waals surface area contributed by atoms with E-state index in [4.69, 9.17) is 21.3 Å². The maximum atomic E-state index is 14.3. The summed E-state index contributed by atoms with van der Waals surface area (Å²) in [6.07, 6.45) is 3.34. The van der Waals surface area contributed by atoms with E-state index in [1.54, 1.807) is 18.2 Å². The number of benzene rings is 2. The number of aromatic nitrogens is 1. The predicted octanol–water partition coefficient (Wildman–Crippen LogP) is 5.69. The van der Waals surface area contributed by atoms with Gasteiger partial charge in [-0.15, -0.1) is 0 Å². The molecule has 1 aliphatic rings. The molecule has 4 rings (SSSR count). The standard InChI is InChI=1S/C20H14ClF2N3O/c21-17-7-14(4-3-12(17)9-24)26-20-25-10-15(27-20)8-16-18(22)5-13(6-19(16)23)11-1-2-11/h3-7,10-11H,1-2,8H2,(H,25,26). The molecular formula is C20H14ClF2N3O. The van der Waals surface area contributed by atoms with E-state index < -0.39 is 11.6 Å². The minimum atomic E-state index is -0.568. The molecule has 0 radical (unpaired) electrons. The maximum absolute atomic E-state index is 14.3. The molecule has 27 heavy (non-hydrogen) atoms. The summed E-state index contributed by atoms with van der Waals surface area (Å²) in [5, 5.41) is 12.1. The van der Waals surface area contributed by atoms with Crippen LogP contribution in [-0.4, -0.2) is 4.98 Å². The van der Waals surface area contributed by atoms with Gasteiger partial charge in [-0.2, -0.15) is 5.26 Å². The number of hydrogen-bond acceptors (Lipinski definition) is 4. The van der Waals surface area contributed by atoms with Crippen LogP contribution < -0.4 is 5.32 Å². The second-order valence-corrected chi connectivity index (χ2v) is 6.88. The van der Waals surface area contributed by atoms with E-state index >= 15 is 0 Å². The molecule has 0 spiro atoms. The number of oxazole rings is 1. The monoisotopic (exact) mass is 385 g/mol. The molecule has 1 heterocycles. The molecule has 1 fully saturated rings. The van der Waals surface area contributed by atoms with Crippen molar-refractivity contribution in [1.82, 2.24) is 4.98 Å². The van der Waals surface area contributed by atoms with Crippen molar-refractivity contribution in [3.63, 3.8) is 0 Å². The quantitative estimate of drug-likeness (QED) is 0.612. The van der Waals surface area contributed by atoms with Crippen molar-refractivity contribution in [2.45, 2.75) is 25.2 Å². The van der Waals surface area contributed by atoms with E-state index in [0.29, 0.717) is 27.6 Å². The Morgan fingerprint density at radius 1 is 1.22 bits per heavy atom. The Labute approximate surface area is 159 Å². The van der Waals surface area contributed by atoms with Crippen molar-refractivity contribution in [1.29, 1.82) is 5.26 Å². The van der Waals surface area contributed by atoms with Crippen LogP contribution in [0.5, 0.6) is 0 Å². The Morgan fingerprint density at radius 3 is 2.59 bits per heavy atom. The van der Waals surface area contributed by atoms with Gasteiger partial charge in [0.15, 0.2) is 0 Å². The summed E-state index contributed by atoms with van der Waals surface area (Å²) in [7, 11) is 0. The Bertz CT molecular complexity index is 1030. The van der Waals surface area contributed by atoms with Gasteiger partial charge in [0.25, 0.3) is 6.01 Å². The molecule has 3 aromatic rings. The molecule has 1 saturated carbocycles. The molecule has 0 aliphatic heterocycles. The first kappa shape index (κ1) is 17.5. The van der Waals surface area contributed by atoms with Crippen molar-refractivity contribution in [2.75, 3.05) is 5.32 Å². The zero-order chi connectivity index (χ0) is 19.0. The Morgan fingerprint density at radius 2 is 1.96 bits per heavy atom. The molecule has 0 saturated heterocycles. The zero-order valence-electron chi connectivity index (χ0n) is 14.1. The molecule has 0 bridgehead atoms. The molecule has 7 heteroatoms. The molecule has 0 atom stereocenters. The van der Waals surface area contributed by atoms with Crippen LogP contribution >= 0.6 is 11.6 Å². The summed E-state index contributed by atoms with van der Waals surface area (Å²) in [6.45, 7) is 0. The van der Waals surface area contributed by atoms with Gasteiger partial charge in [-0.3, -0.25) is 0 Å². The fraction of sp³-hybridized carbons (Fsp3) is 0.200. The van der Waals surface area contributed by atoms with Crippen LogP contribution in [0.1, 0.15) is 41.2 Å². The van der Waals surface area contributed by atoms with E-state index in [0.717, 1.165) is 12.8 Å². The second-order valence-electron chi connectivity index (χ2n) is 6.48. The molecule has 4 nitrogen and oxygen atoms in total. The van der Waals surface area contributed by atoms with Gasteiger partial charge < -0.3 is 9.73 Å². The van der Waals surface area contributed by atoms with E-state index in [9.17, 15) is 8.78 Å². The van der Waals surface area contributed by atoms with Gasteiger partial charge in [-0.25, -0.2) is 13.8 Å². The fourth-order valence-electron chi connectivity index (χ4n) is 2.87. The number of rotatable bonds is 5. The number of nitrogens with one attached hydrogen (secondary N) is 1. The van der Waals surface area contributed by atoms with E-state index in [1.807, 2.05) is 6.07 Å². The SMILES string of the molecule is N#Cc1ccc(Nc2ncc(Cc3c(F)cc(C4CC4)cc3F)o2)cc1Cl. The topological polar surface area (TPSA) is 61.9 Å². The van der Waals surface area contributed by atoms with Crippen LogP contribution in [0.4, 0.5) is 20.5 Å². The Hall–Kier alpha value is -2.91. The summed E-state index contributed by atoms with van der Waals surface area (Å²) in [4.78, 5) is 4.06.